The van der Waals surface area contributed by atoms with Crippen molar-refractivity contribution in [1.82, 2.24) is 30.8 Å². The van der Waals surface area contributed by atoms with Crippen molar-refractivity contribution in [1.29, 1.82) is 0 Å². The van der Waals surface area contributed by atoms with E-state index >= 15 is 0 Å². The van der Waals surface area contributed by atoms with E-state index in [0.717, 1.165) is 16.0 Å². The number of carbonyl (C=O) groups is 5. The van der Waals surface area contributed by atoms with Gasteiger partial charge >= 0.3 is 5.97 Å². The zero-order valence-electron chi connectivity index (χ0n) is 35.0. The molecule has 16 nitrogen and oxygen atoms in total. The molecule has 0 fully saturated rings. The van der Waals surface area contributed by atoms with Gasteiger partial charge in [0.15, 0.2) is 5.82 Å². The van der Waals surface area contributed by atoms with E-state index in [1.54, 1.807) is 44.2 Å². The van der Waals surface area contributed by atoms with Crippen LogP contribution in [0.5, 0.6) is 11.5 Å². The molecule has 0 radical (unpaired) electrons. The summed E-state index contributed by atoms with van der Waals surface area (Å²) in [4.78, 5) is 78.8. The molecule has 4 aromatic rings. The van der Waals surface area contributed by atoms with Crippen molar-refractivity contribution >= 4 is 29.6 Å². The maximum absolute atomic E-state index is 14.5. The van der Waals surface area contributed by atoms with Crippen LogP contribution in [0.1, 0.15) is 78.6 Å². The first-order valence-corrected chi connectivity index (χ1v) is 19.7. The standard InChI is InChI=1S/C44H54N8O8/c1-23-36(24(2)48-38(47-23)27-9-12-29(13-10-27)44(4,5)6)40(55)50-32(16-17-45)42(57)52(7)37-28-11-15-35(60-19-18-46)31(22-28)30-20-26(8-14-34(30)53)21-33(43(58)59)51-39(54)25(3)49-41(37)56/h8-15,20,22,25,32-33,37,53H,16-19,21,45-46H2,1-7H3,(H,49,56)(H,50,55)(H,51,54)(H,58,59)/t25-,32-,33-,37-/m0/s1. The summed E-state index contributed by atoms with van der Waals surface area (Å²) in [6.45, 7) is 11.4. The van der Waals surface area contributed by atoms with Crippen LogP contribution in [0.3, 0.4) is 0 Å². The second kappa shape index (κ2) is 18.7. The van der Waals surface area contributed by atoms with Gasteiger partial charge in [0.1, 0.15) is 42.3 Å². The lowest BCUT2D eigenvalue weighted by molar-refractivity contribution is -0.143. The van der Waals surface area contributed by atoms with Gasteiger partial charge in [-0.3, -0.25) is 19.2 Å². The Bertz CT molecular complexity index is 2250. The van der Waals surface area contributed by atoms with E-state index < -0.39 is 53.8 Å². The summed E-state index contributed by atoms with van der Waals surface area (Å²) in [6.07, 6.45) is -0.143. The molecule has 5 rings (SSSR count). The maximum atomic E-state index is 14.5. The van der Waals surface area contributed by atoms with Crippen molar-refractivity contribution in [2.45, 2.75) is 84.0 Å². The van der Waals surface area contributed by atoms with Gasteiger partial charge in [-0.05, 0) is 80.1 Å². The number of phenolic OH excluding ortho intramolecular Hbond substituents is 1. The van der Waals surface area contributed by atoms with E-state index in [1.807, 2.05) is 24.3 Å². The van der Waals surface area contributed by atoms with Crippen LogP contribution in [-0.2, 0) is 31.0 Å². The number of ether oxygens (including phenoxy) is 1. The molecule has 4 bridgehead atoms. The topological polar surface area (TPSA) is 252 Å². The Hall–Kier alpha value is -6.39. The van der Waals surface area contributed by atoms with E-state index in [1.165, 1.54) is 20.0 Å². The second-order valence-corrected chi connectivity index (χ2v) is 16.0. The molecule has 9 N–H and O–H groups in total. The minimum absolute atomic E-state index is 0.00571. The van der Waals surface area contributed by atoms with Crippen molar-refractivity contribution in [3.63, 3.8) is 0 Å². The molecular weight excluding hydrogens is 769 g/mol. The first-order valence-electron chi connectivity index (χ1n) is 19.7. The summed E-state index contributed by atoms with van der Waals surface area (Å²) in [7, 11) is 1.38. The molecule has 3 aromatic carbocycles. The zero-order valence-corrected chi connectivity index (χ0v) is 35.0. The molecule has 0 saturated heterocycles. The number of rotatable bonds is 11. The van der Waals surface area contributed by atoms with E-state index in [2.05, 4.69) is 46.7 Å². The van der Waals surface area contributed by atoms with Crippen molar-refractivity contribution in [2.24, 2.45) is 11.5 Å². The van der Waals surface area contributed by atoms with E-state index in [9.17, 15) is 34.2 Å². The number of aryl methyl sites for hydroxylation is 2. The number of amides is 4. The summed E-state index contributed by atoms with van der Waals surface area (Å²) in [5, 5.41) is 29.0. The second-order valence-electron chi connectivity index (χ2n) is 16.0. The number of hydrogen-bond acceptors (Lipinski definition) is 11. The Balaban J connectivity index is 1.53. The highest BCUT2D eigenvalue weighted by molar-refractivity contribution is 6.00. The van der Waals surface area contributed by atoms with E-state index in [4.69, 9.17) is 16.2 Å². The van der Waals surface area contributed by atoms with Gasteiger partial charge in [0.25, 0.3) is 5.91 Å². The lowest BCUT2D eigenvalue weighted by Crippen LogP contribution is -2.55. The third kappa shape index (κ3) is 10.1. The van der Waals surface area contributed by atoms with Crippen LogP contribution < -0.4 is 32.2 Å². The number of carboxylic acids is 1. The smallest absolute Gasteiger partial charge is 0.326 e. The van der Waals surface area contributed by atoms with Gasteiger partial charge in [-0.1, -0.05) is 57.2 Å². The van der Waals surface area contributed by atoms with Crippen molar-refractivity contribution in [3.8, 4) is 34.0 Å². The summed E-state index contributed by atoms with van der Waals surface area (Å²) in [5.41, 5.74) is 15.9. The molecule has 4 atom stereocenters. The Morgan fingerprint density at radius 2 is 1.60 bits per heavy atom. The van der Waals surface area contributed by atoms with Gasteiger partial charge < -0.3 is 47.3 Å². The highest BCUT2D eigenvalue weighted by atomic mass is 16.5. The van der Waals surface area contributed by atoms with Crippen LogP contribution in [0.15, 0.2) is 60.7 Å². The number of aromatic nitrogens is 2. The predicted molar refractivity (Wildman–Crippen MR) is 225 cm³/mol. The normalized spacial score (nSPS) is 17.4. The third-order valence-corrected chi connectivity index (χ3v) is 10.4. The molecule has 0 spiro atoms. The third-order valence-electron chi connectivity index (χ3n) is 10.4. The van der Waals surface area contributed by atoms with Crippen LogP contribution in [0.4, 0.5) is 0 Å². The van der Waals surface area contributed by atoms with Crippen molar-refractivity contribution in [2.75, 3.05) is 26.7 Å². The Labute approximate surface area is 349 Å². The summed E-state index contributed by atoms with van der Waals surface area (Å²) >= 11 is 0. The zero-order chi connectivity index (χ0) is 44.1. The molecule has 16 heteroatoms. The van der Waals surface area contributed by atoms with Gasteiger partial charge in [-0.25, -0.2) is 14.8 Å². The fourth-order valence-electron chi connectivity index (χ4n) is 7.11. The molecule has 2 heterocycles. The minimum atomic E-state index is -1.42. The number of aromatic hydroxyl groups is 1. The number of fused-ring (bicyclic) bond motifs is 5. The quantitative estimate of drug-likeness (QED) is 0.115. The molecule has 0 saturated carbocycles. The van der Waals surface area contributed by atoms with E-state index in [0.29, 0.717) is 34.1 Å². The number of nitrogens with two attached hydrogens (primary N) is 2. The predicted octanol–water partition coefficient (Wildman–Crippen LogP) is 3.05. The van der Waals surface area contributed by atoms with Crippen LogP contribution in [0, 0.1) is 13.8 Å². The Morgan fingerprint density at radius 3 is 2.20 bits per heavy atom. The maximum Gasteiger partial charge on any atom is 0.326 e. The van der Waals surface area contributed by atoms with Gasteiger partial charge in [0.2, 0.25) is 17.7 Å². The Kier molecular flexibility index (Phi) is 13.9. The number of benzene rings is 3. The first kappa shape index (κ1) is 44.7. The van der Waals surface area contributed by atoms with E-state index in [-0.39, 0.29) is 60.4 Å². The number of likely N-dealkylation sites (N-methyl/N-ethyl adjacent to an activating group) is 1. The number of nitrogens with zero attached hydrogens (tertiary/aromatic N) is 3. The summed E-state index contributed by atoms with van der Waals surface area (Å²) < 4.78 is 5.93. The van der Waals surface area contributed by atoms with Crippen molar-refractivity contribution < 1.29 is 38.9 Å². The Morgan fingerprint density at radius 1 is 0.933 bits per heavy atom. The molecule has 60 heavy (non-hydrogen) atoms. The average molecular weight is 823 g/mol. The monoisotopic (exact) mass is 822 g/mol. The molecule has 0 unspecified atom stereocenters. The lowest BCUT2D eigenvalue weighted by Gasteiger charge is -2.32. The van der Waals surface area contributed by atoms with Crippen LogP contribution >= 0.6 is 0 Å². The van der Waals surface area contributed by atoms with Crippen molar-refractivity contribution in [3.05, 3.63) is 94.3 Å². The first-order chi connectivity index (χ1) is 28.3. The molecular formula is C44H54N8O8. The molecule has 318 valence electrons. The number of carboxylic acid groups (broad SMARTS) is 1. The molecule has 0 aliphatic carbocycles. The molecule has 1 aliphatic rings. The number of hydrogen-bond donors (Lipinski definition) is 7. The number of aliphatic carboxylic acids is 1. The highest BCUT2D eigenvalue weighted by Crippen LogP contribution is 2.39. The van der Waals surface area contributed by atoms with Gasteiger partial charge in [-0.2, -0.15) is 0 Å². The van der Waals surface area contributed by atoms with Crippen LogP contribution in [0.25, 0.3) is 22.5 Å². The minimum Gasteiger partial charge on any atom is -0.507 e. The largest absolute Gasteiger partial charge is 0.507 e. The molecule has 4 amide bonds. The van der Waals surface area contributed by atoms with Crippen LogP contribution in [-0.4, -0.2) is 99.5 Å². The van der Waals surface area contributed by atoms with Gasteiger partial charge in [-0.15, -0.1) is 0 Å². The fourth-order valence-corrected chi connectivity index (χ4v) is 7.11. The highest BCUT2D eigenvalue weighted by Gasteiger charge is 2.36. The lowest BCUT2D eigenvalue weighted by atomic mass is 9.86. The van der Waals surface area contributed by atoms with Gasteiger partial charge in [0.05, 0.1) is 17.0 Å². The summed E-state index contributed by atoms with van der Waals surface area (Å²) in [6, 6.07) is 11.9. The SMILES string of the molecule is Cc1nc(-c2ccc(C(C)(C)C)cc2)nc(C)c1C(=O)N[C@@H](CCN)C(=O)N(C)[C@@H]1C(=O)N[C@@H](C)C(=O)N[C@H](C(=O)O)Cc2ccc(O)c(c2)-c2cc1ccc2OCCN. The molecule has 1 aliphatic heterocycles. The summed E-state index contributed by atoms with van der Waals surface area (Å²) in [5.74, 6) is -3.62. The molecule has 1 aromatic heterocycles. The van der Waals surface area contributed by atoms with Crippen LogP contribution in [0.2, 0.25) is 0 Å². The number of carbonyl (C=O) groups excluding carboxylic acids is 4. The van der Waals surface area contributed by atoms with Gasteiger partial charge in [0, 0.05) is 36.7 Å². The number of phenols is 1. The number of nitrogens with one attached hydrogen (secondary N) is 3. The average Bonchev–Trinajstić information content (AvgIpc) is 3.19. The fraction of sp³-hybridized carbons (Fsp3) is 0.386.